The maximum atomic E-state index is 13.2. The number of hydrogen-bond acceptors (Lipinski definition) is 3. The highest BCUT2D eigenvalue weighted by atomic mass is 35.5. The maximum Gasteiger partial charge on any atom is 0.353 e. The zero-order chi connectivity index (χ0) is 17.7. The summed E-state index contributed by atoms with van der Waals surface area (Å²) in [6.45, 7) is 0. The summed E-state index contributed by atoms with van der Waals surface area (Å²) in [7, 11) is 1.49. The van der Waals surface area contributed by atoms with Gasteiger partial charge >= 0.3 is 5.97 Å². The molecule has 0 radical (unpaired) electrons. The van der Waals surface area contributed by atoms with E-state index in [2.05, 4.69) is 0 Å². The second kappa shape index (κ2) is 7.51. The van der Waals surface area contributed by atoms with Crippen LogP contribution >= 0.6 is 11.6 Å². The van der Waals surface area contributed by atoms with E-state index >= 15 is 0 Å². The van der Waals surface area contributed by atoms with Gasteiger partial charge in [-0.05, 0) is 35.4 Å². The van der Waals surface area contributed by atoms with Gasteiger partial charge in [0.15, 0.2) is 0 Å². The fourth-order valence-corrected chi connectivity index (χ4v) is 2.87. The molecular weight excluding hydrogens is 336 g/mol. The maximum absolute atomic E-state index is 13.2. The summed E-state index contributed by atoms with van der Waals surface area (Å²) in [5, 5.41) is 0.582. The Balaban J connectivity index is 2.11. The Kier molecular flexibility index (Phi) is 5.17. The van der Waals surface area contributed by atoms with Crippen molar-refractivity contribution >= 4 is 17.6 Å². The second-order valence-corrected chi connectivity index (χ2v) is 5.90. The molecule has 3 nitrogen and oxygen atoms in total. The Labute approximate surface area is 151 Å². The zero-order valence-electron chi connectivity index (χ0n) is 13.7. The third-order valence-electron chi connectivity index (χ3n) is 3.98. The normalized spacial score (nSPS) is 13.0. The smallest absolute Gasteiger partial charge is 0.353 e. The lowest BCUT2D eigenvalue weighted by Crippen LogP contribution is -2.42. The Hall–Kier alpha value is -2.62. The van der Waals surface area contributed by atoms with Gasteiger partial charge < -0.3 is 9.47 Å². The molecule has 3 rings (SSSR count). The molecule has 1 atom stereocenters. The van der Waals surface area contributed by atoms with Crippen LogP contribution in [0.1, 0.15) is 11.1 Å². The minimum Gasteiger partial charge on any atom is -0.424 e. The van der Waals surface area contributed by atoms with E-state index < -0.39 is 11.6 Å². The zero-order valence-corrected chi connectivity index (χ0v) is 14.4. The largest absolute Gasteiger partial charge is 0.424 e. The van der Waals surface area contributed by atoms with Crippen molar-refractivity contribution in [2.75, 3.05) is 7.11 Å². The van der Waals surface area contributed by atoms with Gasteiger partial charge in [0.2, 0.25) is 5.60 Å². The molecule has 0 aliphatic heterocycles. The predicted octanol–water partition coefficient (Wildman–Crippen LogP) is 4.84. The average molecular weight is 353 g/mol. The van der Waals surface area contributed by atoms with Crippen molar-refractivity contribution in [2.45, 2.75) is 5.60 Å². The highest BCUT2D eigenvalue weighted by Gasteiger charge is 2.44. The van der Waals surface area contributed by atoms with Gasteiger partial charge in [-0.2, -0.15) is 0 Å². The Morgan fingerprint density at radius 1 is 0.800 bits per heavy atom. The minimum atomic E-state index is -1.39. The van der Waals surface area contributed by atoms with Gasteiger partial charge in [-0.3, -0.25) is 0 Å². The molecule has 0 N–H and O–H groups in total. The number of ether oxygens (including phenoxy) is 2. The van der Waals surface area contributed by atoms with Crippen LogP contribution in [0.4, 0.5) is 0 Å². The molecule has 0 fully saturated rings. The Morgan fingerprint density at radius 2 is 1.32 bits per heavy atom. The molecule has 126 valence electrons. The summed E-state index contributed by atoms with van der Waals surface area (Å²) < 4.78 is 11.4. The molecule has 0 spiro atoms. The van der Waals surface area contributed by atoms with Gasteiger partial charge in [-0.25, -0.2) is 4.79 Å². The highest BCUT2D eigenvalue weighted by molar-refractivity contribution is 6.30. The number of hydrogen-bond donors (Lipinski definition) is 0. The first-order valence-electron chi connectivity index (χ1n) is 7.81. The molecule has 0 heterocycles. The lowest BCUT2D eigenvalue weighted by Gasteiger charge is -2.31. The molecule has 0 aromatic heterocycles. The SMILES string of the molecule is COC(C(=O)Oc1ccccc1)(c1ccccc1)c1ccc(Cl)cc1. The molecular formula is C21H17ClO3. The van der Waals surface area contributed by atoms with Gasteiger partial charge in [0.05, 0.1) is 0 Å². The van der Waals surface area contributed by atoms with E-state index in [-0.39, 0.29) is 0 Å². The van der Waals surface area contributed by atoms with E-state index in [1.165, 1.54) is 7.11 Å². The standard InChI is InChI=1S/C21H17ClO3/c1-24-21(16-8-4-2-5-9-16,17-12-14-18(22)15-13-17)20(23)25-19-10-6-3-7-11-19/h2-15H,1H3. The van der Waals surface area contributed by atoms with Crippen molar-refractivity contribution in [3.8, 4) is 5.75 Å². The molecule has 3 aromatic rings. The van der Waals surface area contributed by atoms with E-state index in [0.717, 1.165) is 0 Å². The molecule has 25 heavy (non-hydrogen) atoms. The molecule has 4 heteroatoms. The quantitative estimate of drug-likeness (QED) is 0.487. The van der Waals surface area contributed by atoms with Crippen LogP contribution in [-0.2, 0) is 15.1 Å². The predicted molar refractivity (Wildman–Crippen MR) is 97.8 cm³/mol. The molecule has 1 unspecified atom stereocenters. The Bertz CT molecular complexity index is 832. The fraction of sp³-hybridized carbons (Fsp3) is 0.0952. The molecule has 3 aromatic carbocycles. The van der Waals surface area contributed by atoms with Gasteiger partial charge in [-0.1, -0.05) is 72.3 Å². The summed E-state index contributed by atoms with van der Waals surface area (Å²) in [5.41, 5.74) is -0.0610. The average Bonchev–Trinajstić information content (AvgIpc) is 2.66. The molecule has 0 bridgehead atoms. The first-order valence-corrected chi connectivity index (χ1v) is 8.18. The van der Waals surface area contributed by atoms with E-state index in [9.17, 15) is 4.79 Å². The van der Waals surface area contributed by atoms with E-state index in [1.807, 2.05) is 48.5 Å². The summed E-state index contributed by atoms with van der Waals surface area (Å²) in [4.78, 5) is 13.2. The fourth-order valence-electron chi connectivity index (χ4n) is 2.75. The molecule has 0 amide bonds. The first-order chi connectivity index (χ1) is 12.2. The third-order valence-corrected chi connectivity index (χ3v) is 4.23. The van der Waals surface area contributed by atoms with Crippen LogP contribution in [0.15, 0.2) is 84.9 Å². The monoisotopic (exact) mass is 352 g/mol. The number of benzene rings is 3. The molecule has 0 saturated heterocycles. The summed E-state index contributed by atoms with van der Waals surface area (Å²) in [6, 6.07) is 25.2. The van der Waals surface area contributed by atoms with Crippen LogP contribution in [-0.4, -0.2) is 13.1 Å². The second-order valence-electron chi connectivity index (χ2n) is 5.46. The number of rotatable bonds is 5. The van der Waals surface area contributed by atoms with Crippen molar-refractivity contribution in [1.82, 2.24) is 0 Å². The number of carbonyl (C=O) groups excluding carboxylic acids is 1. The molecule has 0 saturated carbocycles. The molecule has 0 aliphatic rings. The number of methoxy groups -OCH3 is 1. The lowest BCUT2D eigenvalue weighted by molar-refractivity contribution is -0.155. The number of para-hydroxylation sites is 1. The number of esters is 1. The van der Waals surface area contributed by atoms with Gasteiger partial charge in [0, 0.05) is 12.1 Å². The van der Waals surface area contributed by atoms with Crippen LogP contribution in [0.2, 0.25) is 5.02 Å². The summed E-state index contributed by atoms with van der Waals surface area (Å²) in [5.74, 6) is -0.0615. The van der Waals surface area contributed by atoms with Gasteiger partial charge in [0.1, 0.15) is 5.75 Å². The lowest BCUT2D eigenvalue weighted by atomic mass is 9.86. The van der Waals surface area contributed by atoms with Crippen molar-refractivity contribution in [3.63, 3.8) is 0 Å². The van der Waals surface area contributed by atoms with Crippen molar-refractivity contribution in [3.05, 3.63) is 101 Å². The van der Waals surface area contributed by atoms with Crippen LogP contribution in [0.3, 0.4) is 0 Å². The summed E-state index contributed by atoms with van der Waals surface area (Å²) >= 11 is 6.00. The third kappa shape index (κ3) is 3.43. The summed E-state index contributed by atoms with van der Waals surface area (Å²) in [6.07, 6.45) is 0. The molecule has 0 aliphatic carbocycles. The van der Waals surface area contributed by atoms with Crippen LogP contribution in [0, 0.1) is 0 Å². The highest BCUT2D eigenvalue weighted by Crippen LogP contribution is 2.35. The minimum absolute atomic E-state index is 0.457. The van der Waals surface area contributed by atoms with Gasteiger partial charge in [-0.15, -0.1) is 0 Å². The van der Waals surface area contributed by atoms with Gasteiger partial charge in [0.25, 0.3) is 0 Å². The van der Waals surface area contributed by atoms with Crippen molar-refractivity contribution in [1.29, 1.82) is 0 Å². The van der Waals surface area contributed by atoms with Crippen LogP contribution < -0.4 is 4.74 Å². The van der Waals surface area contributed by atoms with Crippen molar-refractivity contribution < 1.29 is 14.3 Å². The number of halogens is 1. The Morgan fingerprint density at radius 3 is 1.88 bits per heavy atom. The number of carbonyl (C=O) groups is 1. The topological polar surface area (TPSA) is 35.5 Å². The first kappa shape index (κ1) is 17.2. The van der Waals surface area contributed by atoms with Crippen LogP contribution in [0.25, 0.3) is 0 Å². The van der Waals surface area contributed by atoms with Crippen molar-refractivity contribution in [2.24, 2.45) is 0 Å². The van der Waals surface area contributed by atoms with E-state index in [1.54, 1.807) is 36.4 Å². The van der Waals surface area contributed by atoms with E-state index in [0.29, 0.717) is 21.9 Å². The van der Waals surface area contributed by atoms with E-state index in [4.69, 9.17) is 21.1 Å². The van der Waals surface area contributed by atoms with Crippen LogP contribution in [0.5, 0.6) is 5.75 Å².